The molecule has 0 radical (unpaired) electrons. The van der Waals surface area contributed by atoms with E-state index in [1.807, 2.05) is 0 Å². The van der Waals surface area contributed by atoms with Crippen molar-refractivity contribution in [1.82, 2.24) is 10.6 Å². The highest BCUT2D eigenvalue weighted by atomic mass is 16.5. The van der Waals surface area contributed by atoms with Gasteiger partial charge in [0.25, 0.3) is 0 Å². The second kappa shape index (κ2) is 6.16. The molecule has 0 aromatic heterocycles. The van der Waals surface area contributed by atoms with E-state index >= 15 is 0 Å². The van der Waals surface area contributed by atoms with Crippen LogP contribution in [-0.4, -0.2) is 59.9 Å². The predicted octanol–water partition coefficient (Wildman–Crippen LogP) is -1.98. The van der Waals surface area contributed by atoms with Crippen LogP contribution < -0.4 is 10.6 Å². The van der Waals surface area contributed by atoms with Crippen LogP contribution in [0, 0.1) is 0 Å². The van der Waals surface area contributed by atoms with Gasteiger partial charge in [0.2, 0.25) is 5.91 Å². The van der Waals surface area contributed by atoms with Gasteiger partial charge in [0.15, 0.2) is 0 Å². The molecular weight excluding hydrogens is 232 g/mol. The van der Waals surface area contributed by atoms with Crippen molar-refractivity contribution in [3.8, 4) is 0 Å². The molecule has 0 aliphatic carbocycles. The number of aliphatic carboxylic acids is 2. The fourth-order valence-corrected chi connectivity index (χ4v) is 1.38. The number of hydrogen-bond donors (Lipinski definition) is 4. The third kappa shape index (κ3) is 4.37. The second-order valence-electron chi connectivity index (χ2n) is 3.58. The van der Waals surface area contributed by atoms with E-state index in [2.05, 4.69) is 10.6 Å². The van der Waals surface area contributed by atoms with Crippen LogP contribution in [0.2, 0.25) is 0 Å². The van der Waals surface area contributed by atoms with Crippen molar-refractivity contribution in [1.29, 1.82) is 0 Å². The normalized spacial score (nSPS) is 21.5. The molecule has 1 aliphatic rings. The van der Waals surface area contributed by atoms with Crippen molar-refractivity contribution in [3.05, 3.63) is 0 Å². The Kier molecular flexibility index (Phi) is 4.85. The summed E-state index contributed by atoms with van der Waals surface area (Å²) in [5, 5.41) is 22.2. The van der Waals surface area contributed by atoms with Crippen molar-refractivity contribution >= 4 is 17.8 Å². The Hall–Kier alpha value is -1.67. The fraction of sp³-hybridized carbons (Fsp3) is 0.667. The van der Waals surface area contributed by atoms with E-state index in [9.17, 15) is 14.4 Å². The molecule has 2 unspecified atom stereocenters. The zero-order valence-corrected chi connectivity index (χ0v) is 9.01. The maximum absolute atomic E-state index is 11.6. The monoisotopic (exact) mass is 246 g/mol. The minimum absolute atomic E-state index is 0.144. The molecule has 4 N–H and O–H groups in total. The number of morpholine rings is 1. The van der Waals surface area contributed by atoms with E-state index in [-0.39, 0.29) is 6.61 Å². The Balaban J connectivity index is 2.50. The summed E-state index contributed by atoms with van der Waals surface area (Å²) >= 11 is 0. The van der Waals surface area contributed by atoms with Crippen LogP contribution in [0.15, 0.2) is 0 Å². The van der Waals surface area contributed by atoms with E-state index in [0.29, 0.717) is 13.2 Å². The number of carboxylic acids is 2. The molecule has 8 heteroatoms. The largest absolute Gasteiger partial charge is 0.481 e. The molecule has 8 nitrogen and oxygen atoms in total. The van der Waals surface area contributed by atoms with Gasteiger partial charge in [-0.1, -0.05) is 0 Å². The molecule has 1 fully saturated rings. The average Bonchev–Trinajstić information content (AvgIpc) is 2.28. The summed E-state index contributed by atoms with van der Waals surface area (Å²) in [5.41, 5.74) is 0. The van der Waals surface area contributed by atoms with Gasteiger partial charge in [-0.15, -0.1) is 0 Å². The maximum Gasteiger partial charge on any atom is 0.326 e. The Morgan fingerprint density at radius 2 is 2.12 bits per heavy atom. The van der Waals surface area contributed by atoms with Gasteiger partial charge in [0, 0.05) is 6.54 Å². The summed E-state index contributed by atoms with van der Waals surface area (Å²) in [4.78, 5) is 32.7. The van der Waals surface area contributed by atoms with Gasteiger partial charge in [-0.25, -0.2) is 4.79 Å². The van der Waals surface area contributed by atoms with Crippen LogP contribution in [-0.2, 0) is 19.1 Å². The number of carbonyl (C=O) groups excluding carboxylic acids is 1. The van der Waals surface area contributed by atoms with E-state index in [0.717, 1.165) is 0 Å². The smallest absolute Gasteiger partial charge is 0.326 e. The summed E-state index contributed by atoms with van der Waals surface area (Å²) < 4.78 is 5.04. The van der Waals surface area contributed by atoms with Crippen LogP contribution in [0.1, 0.15) is 6.42 Å². The fourth-order valence-electron chi connectivity index (χ4n) is 1.38. The Morgan fingerprint density at radius 1 is 1.41 bits per heavy atom. The molecule has 0 aromatic rings. The lowest BCUT2D eigenvalue weighted by Crippen LogP contribution is -2.55. The van der Waals surface area contributed by atoms with Gasteiger partial charge < -0.3 is 25.6 Å². The SMILES string of the molecule is O=C(O)CC(NC(=O)C1COCCN1)C(=O)O. The molecule has 0 aromatic carbocycles. The van der Waals surface area contributed by atoms with Crippen molar-refractivity contribution in [3.63, 3.8) is 0 Å². The van der Waals surface area contributed by atoms with E-state index in [1.54, 1.807) is 0 Å². The summed E-state index contributed by atoms with van der Waals surface area (Å²) in [7, 11) is 0. The number of rotatable bonds is 5. The molecule has 1 amide bonds. The highest BCUT2D eigenvalue weighted by molar-refractivity contribution is 5.89. The zero-order valence-electron chi connectivity index (χ0n) is 9.01. The molecule has 17 heavy (non-hydrogen) atoms. The first-order chi connectivity index (χ1) is 8.00. The van der Waals surface area contributed by atoms with Crippen LogP contribution in [0.5, 0.6) is 0 Å². The molecule has 2 atom stereocenters. The first kappa shape index (κ1) is 13.4. The number of ether oxygens (including phenoxy) is 1. The molecule has 96 valence electrons. The third-order valence-electron chi connectivity index (χ3n) is 2.23. The zero-order chi connectivity index (χ0) is 12.8. The Morgan fingerprint density at radius 3 is 2.59 bits per heavy atom. The molecule has 1 saturated heterocycles. The lowest BCUT2D eigenvalue weighted by atomic mass is 10.2. The lowest BCUT2D eigenvalue weighted by molar-refractivity contribution is -0.147. The quantitative estimate of drug-likeness (QED) is 0.443. The van der Waals surface area contributed by atoms with Gasteiger partial charge in [-0.2, -0.15) is 0 Å². The number of amides is 1. The predicted molar refractivity (Wildman–Crippen MR) is 54.4 cm³/mol. The van der Waals surface area contributed by atoms with Crippen LogP contribution in [0.3, 0.4) is 0 Å². The van der Waals surface area contributed by atoms with Gasteiger partial charge >= 0.3 is 11.9 Å². The van der Waals surface area contributed by atoms with Crippen molar-refractivity contribution in [2.24, 2.45) is 0 Å². The minimum Gasteiger partial charge on any atom is -0.481 e. The van der Waals surface area contributed by atoms with Crippen molar-refractivity contribution in [2.75, 3.05) is 19.8 Å². The van der Waals surface area contributed by atoms with Crippen molar-refractivity contribution < 1.29 is 29.3 Å². The standard InChI is InChI=1S/C9H14N2O6/c12-7(13)3-5(9(15)16)11-8(14)6-4-17-2-1-10-6/h5-6,10H,1-4H2,(H,11,14)(H,12,13)(H,15,16). The average molecular weight is 246 g/mol. The number of nitrogens with one attached hydrogen (secondary N) is 2. The summed E-state index contributed by atoms with van der Waals surface area (Å²) in [6, 6.07) is -2.07. The van der Waals surface area contributed by atoms with Crippen LogP contribution >= 0.6 is 0 Å². The molecule has 0 saturated carbocycles. The highest BCUT2D eigenvalue weighted by Crippen LogP contribution is 1.97. The van der Waals surface area contributed by atoms with Crippen molar-refractivity contribution in [2.45, 2.75) is 18.5 Å². The third-order valence-corrected chi connectivity index (χ3v) is 2.23. The van der Waals surface area contributed by atoms with Gasteiger partial charge in [0.05, 0.1) is 19.6 Å². The molecule has 0 bridgehead atoms. The van der Waals surface area contributed by atoms with Crippen LogP contribution in [0.4, 0.5) is 0 Å². The second-order valence-corrected chi connectivity index (χ2v) is 3.58. The minimum atomic E-state index is -1.43. The molecule has 1 heterocycles. The summed E-state index contributed by atoms with van der Waals surface area (Å²) in [6.07, 6.45) is -0.658. The van der Waals surface area contributed by atoms with E-state index in [4.69, 9.17) is 14.9 Å². The Labute approximate surface area is 96.9 Å². The highest BCUT2D eigenvalue weighted by Gasteiger charge is 2.28. The lowest BCUT2D eigenvalue weighted by Gasteiger charge is -2.24. The first-order valence-corrected chi connectivity index (χ1v) is 5.07. The maximum atomic E-state index is 11.6. The van der Waals surface area contributed by atoms with Crippen LogP contribution in [0.25, 0.3) is 0 Å². The molecular formula is C9H14N2O6. The molecule has 1 rings (SSSR count). The topological polar surface area (TPSA) is 125 Å². The van der Waals surface area contributed by atoms with E-state index in [1.165, 1.54) is 0 Å². The number of carboxylic acid groups (broad SMARTS) is 2. The van der Waals surface area contributed by atoms with E-state index < -0.39 is 36.4 Å². The molecule has 0 spiro atoms. The van der Waals surface area contributed by atoms with Gasteiger partial charge in [-0.05, 0) is 0 Å². The van der Waals surface area contributed by atoms with Gasteiger partial charge in [0.1, 0.15) is 12.1 Å². The number of hydrogen-bond acceptors (Lipinski definition) is 5. The first-order valence-electron chi connectivity index (χ1n) is 5.07. The molecule has 1 aliphatic heterocycles. The Bertz CT molecular complexity index is 313. The number of carbonyl (C=O) groups is 3. The van der Waals surface area contributed by atoms with Gasteiger partial charge in [-0.3, -0.25) is 9.59 Å². The summed E-state index contributed by atoms with van der Waals surface area (Å²) in [5.74, 6) is -3.23. The summed E-state index contributed by atoms with van der Waals surface area (Å²) in [6.45, 7) is 1.13.